The minimum absolute atomic E-state index is 0.0764. The Kier molecular flexibility index (Phi) is 33.4. The number of aliphatic hydroxyl groups excluding tert-OH is 2. The second-order valence-corrected chi connectivity index (χ2v) is 12.6. The number of allylic oxidation sites excluding steroid dienone is 3. The third-order valence-corrected chi connectivity index (χ3v) is 8.42. The number of amides is 1. The van der Waals surface area contributed by atoms with Crippen molar-refractivity contribution in [3.63, 3.8) is 0 Å². The van der Waals surface area contributed by atoms with E-state index < -0.39 is 12.1 Å². The molecule has 0 saturated heterocycles. The second kappa shape index (κ2) is 34.4. The summed E-state index contributed by atoms with van der Waals surface area (Å²) in [6.45, 7) is 4.19. The molecule has 0 saturated carbocycles. The van der Waals surface area contributed by atoms with E-state index in [1.54, 1.807) is 6.08 Å². The fourth-order valence-corrected chi connectivity index (χ4v) is 5.55. The van der Waals surface area contributed by atoms with E-state index in [0.717, 1.165) is 38.5 Å². The SMILES string of the molecule is CCC/C=C/CC/C=C/C(O)C(CO)NC(=O)CCCCCCCCCCCCCCCCCCCCCCCCC. The Balaban J connectivity index is 3.45. The minimum Gasteiger partial charge on any atom is -0.394 e. The maximum Gasteiger partial charge on any atom is 0.220 e. The van der Waals surface area contributed by atoms with Crippen LogP contribution in [0.25, 0.3) is 0 Å². The maximum atomic E-state index is 12.2. The Morgan fingerprint density at radius 3 is 1.33 bits per heavy atom. The molecule has 0 bridgehead atoms. The molecule has 0 aromatic heterocycles. The van der Waals surface area contributed by atoms with Crippen LogP contribution in [0.4, 0.5) is 0 Å². The van der Waals surface area contributed by atoms with E-state index in [1.807, 2.05) is 6.08 Å². The number of nitrogens with one attached hydrogen (secondary N) is 1. The molecule has 3 N–H and O–H groups in total. The van der Waals surface area contributed by atoms with Gasteiger partial charge >= 0.3 is 0 Å². The first kappa shape index (κ1) is 40.9. The molecule has 0 radical (unpaired) electrons. The van der Waals surface area contributed by atoms with Crippen LogP contribution in [0.15, 0.2) is 24.3 Å². The van der Waals surface area contributed by atoms with Crippen LogP contribution in [0.3, 0.4) is 0 Å². The van der Waals surface area contributed by atoms with Gasteiger partial charge in [0, 0.05) is 6.42 Å². The van der Waals surface area contributed by atoms with Crippen molar-refractivity contribution in [2.24, 2.45) is 0 Å². The van der Waals surface area contributed by atoms with Gasteiger partial charge in [0.25, 0.3) is 0 Å². The summed E-state index contributed by atoms with van der Waals surface area (Å²) in [5, 5.41) is 22.7. The van der Waals surface area contributed by atoms with Gasteiger partial charge in [-0.15, -0.1) is 0 Å². The van der Waals surface area contributed by atoms with Gasteiger partial charge in [-0.2, -0.15) is 0 Å². The molecule has 0 rings (SSSR count). The summed E-state index contributed by atoms with van der Waals surface area (Å²) in [6.07, 6.45) is 42.9. The highest BCUT2D eigenvalue weighted by molar-refractivity contribution is 5.76. The molecule has 4 heteroatoms. The quantitative estimate of drug-likeness (QED) is 0.0525. The van der Waals surface area contributed by atoms with Crippen molar-refractivity contribution in [2.45, 2.75) is 206 Å². The Bertz CT molecular complexity index is 603. The summed E-state index contributed by atoms with van der Waals surface area (Å²) in [6, 6.07) is -0.631. The van der Waals surface area contributed by atoms with Gasteiger partial charge in [-0.3, -0.25) is 4.79 Å². The van der Waals surface area contributed by atoms with Gasteiger partial charge in [0.1, 0.15) is 0 Å². The monoisotopic (exact) mass is 592 g/mol. The van der Waals surface area contributed by atoms with Gasteiger partial charge in [-0.25, -0.2) is 0 Å². The van der Waals surface area contributed by atoms with E-state index in [2.05, 4.69) is 31.3 Å². The number of unbranched alkanes of at least 4 members (excludes halogenated alkanes) is 24. The van der Waals surface area contributed by atoms with Crippen LogP contribution >= 0.6 is 0 Å². The largest absolute Gasteiger partial charge is 0.394 e. The Morgan fingerprint density at radius 1 is 0.548 bits per heavy atom. The van der Waals surface area contributed by atoms with E-state index in [4.69, 9.17) is 0 Å². The molecule has 1 amide bonds. The molecule has 0 spiro atoms. The smallest absolute Gasteiger partial charge is 0.220 e. The van der Waals surface area contributed by atoms with Crippen LogP contribution < -0.4 is 5.32 Å². The van der Waals surface area contributed by atoms with Crippen molar-refractivity contribution < 1.29 is 15.0 Å². The molecular weight excluding hydrogens is 518 g/mol. The van der Waals surface area contributed by atoms with Crippen LogP contribution in [0, 0.1) is 0 Å². The predicted molar refractivity (Wildman–Crippen MR) is 184 cm³/mol. The van der Waals surface area contributed by atoms with Crippen molar-refractivity contribution in [2.75, 3.05) is 6.61 Å². The third-order valence-electron chi connectivity index (χ3n) is 8.42. The average molecular weight is 592 g/mol. The first-order chi connectivity index (χ1) is 20.7. The van der Waals surface area contributed by atoms with Crippen LogP contribution in [-0.2, 0) is 4.79 Å². The van der Waals surface area contributed by atoms with Crippen LogP contribution in [-0.4, -0.2) is 34.9 Å². The summed E-state index contributed by atoms with van der Waals surface area (Å²) < 4.78 is 0. The van der Waals surface area contributed by atoms with E-state index in [9.17, 15) is 15.0 Å². The molecular formula is C38H73NO3. The standard InChI is InChI=1S/C38H73NO3/c1-3-5-7-9-11-12-13-14-15-16-17-18-19-20-21-22-23-24-25-26-28-30-32-34-38(42)39-36(35-40)37(41)33-31-29-27-10-8-6-4-2/h8,10,31,33,36-37,40-41H,3-7,9,11-30,32,34-35H2,1-2H3,(H,39,42)/b10-8+,33-31+. The lowest BCUT2D eigenvalue weighted by Crippen LogP contribution is -2.45. The lowest BCUT2D eigenvalue weighted by atomic mass is 10.0. The maximum absolute atomic E-state index is 12.2. The number of aliphatic hydroxyl groups is 2. The summed E-state index contributed by atoms with van der Waals surface area (Å²) in [5.74, 6) is -0.0764. The molecule has 248 valence electrons. The highest BCUT2D eigenvalue weighted by Crippen LogP contribution is 2.15. The molecule has 2 unspecified atom stereocenters. The molecule has 0 aliphatic carbocycles. The first-order valence-corrected chi connectivity index (χ1v) is 18.6. The molecule has 0 aromatic carbocycles. The van der Waals surface area contributed by atoms with Gasteiger partial charge in [0.15, 0.2) is 0 Å². The average Bonchev–Trinajstić information content (AvgIpc) is 2.99. The lowest BCUT2D eigenvalue weighted by molar-refractivity contribution is -0.123. The Labute approximate surface area is 262 Å². The molecule has 0 heterocycles. The van der Waals surface area contributed by atoms with Crippen LogP contribution in [0.5, 0.6) is 0 Å². The van der Waals surface area contributed by atoms with Gasteiger partial charge in [-0.05, 0) is 25.7 Å². The van der Waals surface area contributed by atoms with E-state index in [-0.39, 0.29) is 12.5 Å². The molecule has 2 atom stereocenters. The Hall–Kier alpha value is -1.13. The van der Waals surface area contributed by atoms with E-state index >= 15 is 0 Å². The molecule has 0 aromatic rings. The fourth-order valence-electron chi connectivity index (χ4n) is 5.55. The number of hydrogen-bond acceptors (Lipinski definition) is 3. The zero-order valence-electron chi connectivity index (χ0n) is 28.3. The molecule has 42 heavy (non-hydrogen) atoms. The zero-order valence-corrected chi connectivity index (χ0v) is 28.3. The van der Waals surface area contributed by atoms with Crippen molar-refractivity contribution in [1.29, 1.82) is 0 Å². The topological polar surface area (TPSA) is 69.6 Å². The van der Waals surface area contributed by atoms with Crippen LogP contribution in [0.1, 0.15) is 194 Å². The lowest BCUT2D eigenvalue weighted by Gasteiger charge is -2.19. The van der Waals surface area contributed by atoms with Crippen LogP contribution in [0.2, 0.25) is 0 Å². The van der Waals surface area contributed by atoms with Gasteiger partial charge in [0.2, 0.25) is 5.91 Å². The van der Waals surface area contributed by atoms with Gasteiger partial charge < -0.3 is 15.5 Å². The number of carbonyl (C=O) groups excluding carboxylic acids is 1. The number of carbonyl (C=O) groups is 1. The third kappa shape index (κ3) is 30.3. The molecule has 0 fully saturated rings. The first-order valence-electron chi connectivity index (χ1n) is 18.6. The predicted octanol–water partition coefficient (Wildman–Crippen LogP) is 10.9. The van der Waals surface area contributed by atoms with Crippen molar-refractivity contribution in [3.8, 4) is 0 Å². The second-order valence-electron chi connectivity index (χ2n) is 12.6. The van der Waals surface area contributed by atoms with Crippen molar-refractivity contribution in [1.82, 2.24) is 5.32 Å². The highest BCUT2D eigenvalue weighted by atomic mass is 16.3. The summed E-state index contributed by atoms with van der Waals surface area (Å²) in [5.41, 5.74) is 0. The van der Waals surface area contributed by atoms with Gasteiger partial charge in [-0.1, -0.05) is 186 Å². The van der Waals surface area contributed by atoms with E-state index in [1.165, 1.54) is 135 Å². The molecule has 4 nitrogen and oxygen atoms in total. The van der Waals surface area contributed by atoms with Crippen molar-refractivity contribution >= 4 is 5.91 Å². The summed E-state index contributed by atoms with van der Waals surface area (Å²) in [4.78, 5) is 12.2. The summed E-state index contributed by atoms with van der Waals surface area (Å²) >= 11 is 0. The molecule has 0 aliphatic rings. The number of hydrogen-bond donors (Lipinski definition) is 3. The van der Waals surface area contributed by atoms with E-state index in [0.29, 0.717) is 6.42 Å². The zero-order chi connectivity index (χ0) is 30.8. The summed E-state index contributed by atoms with van der Waals surface area (Å²) in [7, 11) is 0. The highest BCUT2D eigenvalue weighted by Gasteiger charge is 2.17. The molecule has 0 aliphatic heterocycles. The van der Waals surface area contributed by atoms with Gasteiger partial charge in [0.05, 0.1) is 18.8 Å². The van der Waals surface area contributed by atoms with Crippen molar-refractivity contribution in [3.05, 3.63) is 24.3 Å². The minimum atomic E-state index is -0.854. The normalized spacial score (nSPS) is 13.3. The number of rotatable bonds is 33. The fraction of sp³-hybridized carbons (Fsp3) is 0.868. The Morgan fingerprint density at radius 2 is 0.929 bits per heavy atom.